The van der Waals surface area contributed by atoms with Crippen LogP contribution in [-0.4, -0.2) is 7.11 Å². The number of hydrogen-bond acceptors (Lipinski definition) is 2. The van der Waals surface area contributed by atoms with Crippen molar-refractivity contribution >= 4 is 0 Å². The van der Waals surface area contributed by atoms with E-state index in [0.717, 1.165) is 0 Å². The number of ether oxygens (including phenoxy) is 1. The molecule has 0 atom stereocenters. The number of benzene rings is 1. The van der Waals surface area contributed by atoms with Gasteiger partial charge in [0.25, 0.3) is 6.26 Å². The summed E-state index contributed by atoms with van der Waals surface area (Å²) in [6.07, 6.45) is 1.43. The molecule has 0 unspecified atom stereocenters. The van der Waals surface area contributed by atoms with Crippen LogP contribution in [0.4, 0.5) is 0 Å². The summed E-state index contributed by atoms with van der Waals surface area (Å²) >= 11 is 0. The Morgan fingerprint density at radius 2 is 1.73 bits per heavy atom. The maximum atomic E-state index is 7.40. The van der Waals surface area contributed by atoms with Gasteiger partial charge in [0.15, 0.2) is 0 Å². The average molecular weight is 149 g/mol. The minimum Gasteiger partial charge on any atom is -0.431 e. The largest absolute Gasteiger partial charge is 0.431 e. The Bertz CT molecular complexity index is 213. The van der Waals surface area contributed by atoms with Gasteiger partial charge in [0.2, 0.25) is 0 Å². The van der Waals surface area contributed by atoms with Crippen molar-refractivity contribution in [2.45, 2.75) is 6.92 Å². The monoisotopic (exact) mass is 149 g/mol. The summed E-state index contributed by atoms with van der Waals surface area (Å²) in [5, 5.41) is 7.40. The lowest BCUT2D eigenvalue weighted by atomic mass is 10.2. The third-order valence-corrected chi connectivity index (χ3v) is 1.03. The lowest BCUT2D eigenvalue weighted by molar-refractivity contribution is 0.362. The number of nitriles is 1. The third kappa shape index (κ3) is 6.39. The summed E-state index contributed by atoms with van der Waals surface area (Å²) < 4.78 is 3.85. The molecule has 0 amide bonds. The molecule has 58 valence electrons. The molecule has 0 aliphatic heterocycles. The third-order valence-electron chi connectivity index (χ3n) is 1.03. The molecule has 0 saturated heterocycles. The van der Waals surface area contributed by atoms with E-state index in [-0.39, 0.29) is 0 Å². The molecule has 0 aromatic heterocycles. The highest BCUT2D eigenvalue weighted by molar-refractivity contribution is 5.11. The second kappa shape index (κ2) is 6.63. The standard InChI is InChI=1S/C7H8.C2H3NO/c1-7-5-3-2-4-6-7;1-4-2-3/h2-6H,1H3;1H3. The molecule has 0 aliphatic carbocycles. The highest BCUT2D eigenvalue weighted by Crippen LogP contribution is 1.92. The van der Waals surface area contributed by atoms with Gasteiger partial charge in [-0.3, -0.25) is 0 Å². The van der Waals surface area contributed by atoms with Crippen molar-refractivity contribution in [3.63, 3.8) is 0 Å². The number of nitrogens with zero attached hydrogens (tertiary/aromatic N) is 1. The van der Waals surface area contributed by atoms with Crippen LogP contribution < -0.4 is 0 Å². The van der Waals surface area contributed by atoms with Crippen molar-refractivity contribution in [1.82, 2.24) is 0 Å². The Hall–Kier alpha value is -1.49. The van der Waals surface area contributed by atoms with Gasteiger partial charge in [-0.2, -0.15) is 5.26 Å². The molecular formula is C9H11NO. The number of hydrogen-bond donors (Lipinski definition) is 0. The lowest BCUT2D eigenvalue weighted by Crippen LogP contribution is -1.62. The van der Waals surface area contributed by atoms with Gasteiger partial charge in [-0.05, 0) is 6.92 Å². The van der Waals surface area contributed by atoms with Crippen LogP contribution in [0.1, 0.15) is 5.56 Å². The van der Waals surface area contributed by atoms with Gasteiger partial charge in [-0.25, -0.2) is 0 Å². The topological polar surface area (TPSA) is 33.0 Å². The van der Waals surface area contributed by atoms with Gasteiger partial charge in [0.1, 0.15) is 0 Å². The van der Waals surface area contributed by atoms with Gasteiger partial charge < -0.3 is 4.74 Å². The molecular weight excluding hydrogens is 138 g/mol. The second-order valence-corrected chi connectivity index (χ2v) is 1.95. The Labute approximate surface area is 67.0 Å². The summed E-state index contributed by atoms with van der Waals surface area (Å²) in [4.78, 5) is 0. The van der Waals surface area contributed by atoms with Crippen molar-refractivity contribution in [1.29, 1.82) is 5.26 Å². The Morgan fingerprint density at radius 3 is 1.91 bits per heavy atom. The van der Waals surface area contributed by atoms with E-state index in [1.807, 2.05) is 18.2 Å². The van der Waals surface area contributed by atoms with Crippen LogP contribution in [0, 0.1) is 18.4 Å². The SMILES string of the molecule is COC#N.Cc1ccccc1. The normalized spacial score (nSPS) is 7.00. The molecule has 2 nitrogen and oxygen atoms in total. The zero-order chi connectivity index (χ0) is 8.53. The predicted octanol–water partition coefficient (Wildman–Crippen LogP) is 2.11. The van der Waals surface area contributed by atoms with Crippen LogP contribution in [0.25, 0.3) is 0 Å². The summed E-state index contributed by atoms with van der Waals surface area (Å²) in [6, 6.07) is 10.3. The molecule has 2 heteroatoms. The summed E-state index contributed by atoms with van der Waals surface area (Å²) in [5.74, 6) is 0. The molecule has 0 radical (unpaired) electrons. The Kier molecular flexibility index (Phi) is 5.73. The number of aryl methyl sites for hydroxylation is 1. The minimum atomic E-state index is 1.32. The maximum absolute atomic E-state index is 7.40. The smallest absolute Gasteiger partial charge is 0.286 e. The fourth-order valence-corrected chi connectivity index (χ4v) is 0.534. The molecule has 0 heterocycles. The molecule has 0 N–H and O–H groups in total. The van der Waals surface area contributed by atoms with E-state index < -0.39 is 0 Å². The van der Waals surface area contributed by atoms with Crippen LogP contribution in [0.3, 0.4) is 0 Å². The van der Waals surface area contributed by atoms with Crippen molar-refractivity contribution in [3.8, 4) is 6.26 Å². The van der Waals surface area contributed by atoms with Crippen LogP contribution in [0.5, 0.6) is 0 Å². The van der Waals surface area contributed by atoms with Crippen molar-refractivity contribution < 1.29 is 4.74 Å². The molecule has 0 fully saturated rings. The molecule has 0 bridgehead atoms. The van der Waals surface area contributed by atoms with E-state index in [4.69, 9.17) is 5.26 Å². The van der Waals surface area contributed by atoms with E-state index in [1.54, 1.807) is 0 Å². The first kappa shape index (κ1) is 9.51. The van der Waals surface area contributed by atoms with Crippen LogP contribution in [-0.2, 0) is 4.74 Å². The first-order valence-corrected chi connectivity index (χ1v) is 3.25. The maximum Gasteiger partial charge on any atom is 0.286 e. The Morgan fingerprint density at radius 1 is 1.27 bits per heavy atom. The van der Waals surface area contributed by atoms with Crippen LogP contribution >= 0.6 is 0 Å². The van der Waals surface area contributed by atoms with Crippen molar-refractivity contribution in [2.75, 3.05) is 7.11 Å². The van der Waals surface area contributed by atoms with E-state index in [9.17, 15) is 0 Å². The molecule has 1 aromatic carbocycles. The zero-order valence-corrected chi connectivity index (χ0v) is 6.74. The first-order valence-electron chi connectivity index (χ1n) is 3.25. The zero-order valence-electron chi connectivity index (χ0n) is 6.74. The average Bonchev–Trinajstić information content (AvgIpc) is 2.07. The highest BCUT2D eigenvalue weighted by Gasteiger charge is 1.72. The van der Waals surface area contributed by atoms with E-state index in [2.05, 4.69) is 23.8 Å². The van der Waals surface area contributed by atoms with Crippen molar-refractivity contribution in [2.24, 2.45) is 0 Å². The van der Waals surface area contributed by atoms with E-state index in [1.165, 1.54) is 18.9 Å². The highest BCUT2D eigenvalue weighted by atomic mass is 16.5. The Balaban J connectivity index is 0.000000218. The van der Waals surface area contributed by atoms with E-state index >= 15 is 0 Å². The van der Waals surface area contributed by atoms with Gasteiger partial charge >= 0.3 is 0 Å². The van der Waals surface area contributed by atoms with Gasteiger partial charge in [0, 0.05) is 0 Å². The molecule has 0 spiro atoms. The summed E-state index contributed by atoms with van der Waals surface area (Å²) in [7, 11) is 1.32. The van der Waals surface area contributed by atoms with Crippen LogP contribution in [0.15, 0.2) is 30.3 Å². The second-order valence-electron chi connectivity index (χ2n) is 1.95. The summed E-state index contributed by atoms with van der Waals surface area (Å²) in [6.45, 7) is 2.08. The molecule has 11 heavy (non-hydrogen) atoms. The van der Waals surface area contributed by atoms with Crippen molar-refractivity contribution in [3.05, 3.63) is 35.9 Å². The molecule has 1 rings (SSSR count). The number of methoxy groups -OCH3 is 1. The molecule has 0 saturated carbocycles. The van der Waals surface area contributed by atoms with Gasteiger partial charge in [-0.1, -0.05) is 35.9 Å². The fourth-order valence-electron chi connectivity index (χ4n) is 0.534. The van der Waals surface area contributed by atoms with Crippen LogP contribution in [0.2, 0.25) is 0 Å². The quantitative estimate of drug-likeness (QED) is 0.529. The van der Waals surface area contributed by atoms with E-state index in [0.29, 0.717) is 0 Å². The fraction of sp³-hybridized carbons (Fsp3) is 0.222. The molecule has 0 aliphatic rings. The molecule has 1 aromatic rings. The predicted molar refractivity (Wildman–Crippen MR) is 43.8 cm³/mol. The lowest BCUT2D eigenvalue weighted by Gasteiger charge is -1.82. The van der Waals surface area contributed by atoms with Gasteiger partial charge in [-0.15, -0.1) is 0 Å². The summed E-state index contributed by atoms with van der Waals surface area (Å²) in [5.41, 5.74) is 1.32. The first-order chi connectivity index (χ1) is 5.31. The minimum absolute atomic E-state index is 1.32. The number of rotatable bonds is 0. The van der Waals surface area contributed by atoms with Gasteiger partial charge in [0.05, 0.1) is 7.11 Å².